The predicted octanol–water partition coefficient (Wildman–Crippen LogP) is -0.400. The molecule has 1 fully saturated rings. The quantitative estimate of drug-likeness (QED) is 0.734. The highest BCUT2D eigenvalue weighted by Gasteiger charge is 2.23. The number of hydrogen-bond acceptors (Lipinski definition) is 5. The van der Waals surface area contributed by atoms with Gasteiger partial charge in [-0.15, -0.1) is 0 Å². The third-order valence-corrected chi connectivity index (χ3v) is 2.77. The molecule has 0 radical (unpaired) electrons. The Morgan fingerprint density at radius 3 is 2.33 bits per heavy atom. The normalized spacial score (nSPS) is 15.6. The molecule has 96 valence electrons. The lowest BCUT2D eigenvalue weighted by molar-refractivity contribution is -0.144. The molecule has 1 aromatic rings. The van der Waals surface area contributed by atoms with E-state index in [-0.39, 0.29) is 5.91 Å². The molecule has 1 saturated heterocycles. The monoisotopic (exact) mass is 250 g/mol. The molecule has 1 aromatic heterocycles. The van der Waals surface area contributed by atoms with E-state index in [0.717, 1.165) is 0 Å². The molecular formula is C11H14N4O3. The van der Waals surface area contributed by atoms with E-state index in [4.69, 9.17) is 5.11 Å². The smallest absolute Gasteiger partial charge is 0.312 e. The van der Waals surface area contributed by atoms with Crippen LogP contribution in [-0.4, -0.2) is 58.0 Å². The molecule has 0 spiro atoms. The Hall–Kier alpha value is -2.18. The average molecular weight is 250 g/mol. The van der Waals surface area contributed by atoms with Crippen LogP contribution < -0.4 is 4.90 Å². The first-order valence-electron chi connectivity index (χ1n) is 5.68. The fraction of sp³-hybridized carbons (Fsp3) is 0.455. The van der Waals surface area contributed by atoms with Gasteiger partial charge in [0.15, 0.2) is 0 Å². The van der Waals surface area contributed by atoms with Crippen molar-refractivity contribution in [1.82, 2.24) is 14.9 Å². The van der Waals surface area contributed by atoms with Gasteiger partial charge in [-0.2, -0.15) is 0 Å². The Morgan fingerprint density at radius 1 is 1.17 bits per heavy atom. The van der Waals surface area contributed by atoms with Crippen molar-refractivity contribution >= 4 is 17.8 Å². The molecule has 7 nitrogen and oxygen atoms in total. The van der Waals surface area contributed by atoms with Crippen LogP contribution in [0.4, 0.5) is 5.95 Å². The van der Waals surface area contributed by atoms with Gasteiger partial charge in [-0.25, -0.2) is 9.97 Å². The molecule has 1 aliphatic heterocycles. The van der Waals surface area contributed by atoms with Crippen LogP contribution in [0.15, 0.2) is 18.5 Å². The Morgan fingerprint density at radius 2 is 1.78 bits per heavy atom. The van der Waals surface area contributed by atoms with Crippen molar-refractivity contribution in [3.05, 3.63) is 18.5 Å². The second-order valence-corrected chi connectivity index (χ2v) is 3.99. The summed E-state index contributed by atoms with van der Waals surface area (Å²) in [5, 5.41) is 8.57. The topological polar surface area (TPSA) is 86.6 Å². The van der Waals surface area contributed by atoms with Crippen molar-refractivity contribution in [1.29, 1.82) is 0 Å². The van der Waals surface area contributed by atoms with Crippen LogP contribution >= 0.6 is 0 Å². The third kappa shape index (κ3) is 2.93. The summed E-state index contributed by atoms with van der Waals surface area (Å²) in [6.45, 7) is 2.25. The highest BCUT2D eigenvalue weighted by Crippen LogP contribution is 2.10. The number of aromatic nitrogens is 2. The van der Waals surface area contributed by atoms with E-state index in [9.17, 15) is 9.59 Å². The molecule has 1 N–H and O–H groups in total. The number of carboxylic acids is 1. The first-order chi connectivity index (χ1) is 8.66. The minimum Gasteiger partial charge on any atom is -0.481 e. The van der Waals surface area contributed by atoms with E-state index in [1.54, 1.807) is 23.4 Å². The van der Waals surface area contributed by atoms with Gasteiger partial charge in [0.2, 0.25) is 11.9 Å². The first kappa shape index (κ1) is 12.3. The molecule has 0 aromatic carbocycles. The molecule has 0 bridgehead atoms. The van der Waals surface area contributed by atoms with Crippen molar-refractivity contribution in [2.24, 2.45) is 0 Å². The largest absolute Gasteiger partial charge is 0.481 e. The number of hydrogen-bond donors (Lipinski definition) is 1. The van der Waals surface area contributed by atoms with Crippen LogP contribution in [0.3, 0.4) is 0 Å². The number of carboxylic acid groups (broad SMARTS) is 1. The summed E-state index contributed by atoms with van der Waals surface area (Å²) in [5.74, 6) is -0.784. The van der Waals surface area contributed by atoms with E-state index in [1.807, 2.05) is 4.90 Å². The lowest BCUT2D eigenvalue weighted by Gasteiger charge is -2.34. The van der Waals surface area contributed by atoms with Crippen LogP contribution in [0.1, 0.15) is 6.42 Å². The zero-order valence-corrected chi connectivity index (χ0v) is 9.82. The number of nitrogens with zero attached hydrogens (tertiary/aromatic N) is 4. The number of aliphatic carboxylic acids is 1. The van der Waals surface area contributed by atoms with Crippen LogP contribution in [-0.2, 0) is 9.59 Å². The van der Waals surface area contributed by atoms with E-state index in [0.29, 0.717) is 32.1 Å². The molecule has 0 unspecified atom stereocenters. The SMILES string of the molecule is O=C(O)CC(=O)N1CCN(c2ncccn2)CC1. The Bertz CT molecular complexity index is 429. The van der Waals surface area contributed by atoms with Crippen molar-refractivity contribution in [3.63, 3.8) is 0 Å². The van der Waals surface area contributed by atoms with Gasteiger partial charge in [0.25, 0.3) is 0 Å². The number of carbonyl (C=O) groups is 2. The lowest BCUT2D eigenvalue weighted by Crippen LogP contribution is -2.49. The maximum Gasteiger partial charge on any atom is 0.312 e. The Balaban J connectivity index is 1.88. The molecule has 0 atom stereocenters. The molecular weight excluding hydrogens is 236 g/mol. The molecule has 2 rings (SSSR count). The van der Waals surface area contributed by atoms with E-state index in [1.165, 1.54) is 0 Å². The van der Waals surface area contributed by atoms with Crippen molar-refractivity contribution < 1.29 is 14.7 Å². The van der Waals surface area contributed by atoms with Crippen LogP contribution in [0, 0.1) is 0 Å². The molecule has 0 aliphatic carbocycles. The number of rotatable bonds is 3. The third-order valence-electron chi connectivity index (χ3n) is 2.77. The summed E-state index contributed by atoms with van der Waals surface area (Å²) in [6.07, 6.45) is 2.90. The number of piperazine rings is 1. The molecule has 0 saturated carbocycles. The molecule has 7 heteroatoms. The summed E-state index contributed by atoms with van der Waals surface area (Å²) < 4.78 is 0. The van der Waals surface area contributed by atoms with E-state index in [2.05, 4.69) is 9.97 Å². The minimum atomic E-state index is -1.09. The zero-order chi connectivity index (χ0) is 13.0. The number of carbonyl (C=O) groups excluding carboxylic acids is 1. The highest BCUT2D eigenvalue weighted by atomic mass is 16.4. The summed E-state index contributed by atoms with van der Waals surface area (Å²) in [4.78, 5) is 33.8. The fourth-order valence-corrected chi connectivity index (χ4v) is 1.85. The molecule has 1 aliphatic rings. The second-order valence-electron chi connectivity index (χ2n) is 3.99. The summed E-state index contributed by atoms with van der Waals surface area (Å²) in [5.41, 5.74) is 0. The van der Waals surface area contributed by atoms with E-state index >= 15 is 0 Å². The average Bonchev–Trinajstić information content (AvgIpc) is 2.39. The number of anilines is 1. The van der Waals surface area contributed by atoms with Crippen molar-refractivity contribution in [2.75, 3.05) is 31.1 Å². The zero-order valence-electron chi connectivity index (χ0n) is 9.82. The van der Waals surface area contributed by atoms with Crippen molar-refractivity contribution in [2.45, 2.75) is 6.42 Å². The van der Waals surface area contributed by atoms with Gasteiger partial charge in [-0.1, -0.05) is 0 Å². The van der Waals surface area contributed by atoms with Gasteiger partial charge < -0.3 is 14.9 Å². The van der Waals surface area contributed by atoms with Gasteiger partial charge in [-0.3, -0.25) is 9.59 Å². The van der Waals surface area contributed by atoms with Gasteiger partial charge in [-0.05, 0) is 6.07 Å². The molecule has 2 heterocycles. The second kappa shape index (κ2) is 5.44. The summed E-state index contributed by atoms with van der Waals surface area (Å²) in [6, 6.07) is 1.75. The Kier molecular flexibility index (Phi) is 3.71. The first-order valence-corrected chi connectivity index (χ1v) is 5.68. The summed E-state index contributed by atoms with van der Waals surface area (Å²) in [7, 11) is 0. The maximum atomic E-state index is 11.5. The van der Waals surface area contributed by atoms with Gasteiger partial charge >= 0.3 is 5.97 Å². The predicted molar refractivity (Wildman–Crippen MR) is 63.1 cm³/mol. The Labute approximate surface area is 104 Å². The number of amides is 1. The fourth-order valence-electron chi connectivity index (χ4n) is 1.85. The maximum absolute atomic E-state index is 11.5. The lowest BCUT2D eigenvalue weighted by atomic mass is 10.3. The van der Waals surface area contributed by atoms with Crippen LogP contribution in [0.2, 0.25) is 0 Å². The highest BCUT2D eigenvalue weighted by molar-refractivity contribution is 5.93. The van der Waals surface area contributed by atoms with Crippen LogP contribution in [0.25, 0.3) is 0 Å². The van der Waals surface area contributed by atoms with Crippen LogP contribution in [0.5, 0.6) is 0 Å². The summed E-state index contributed by atoms with van der Waals surface area (Å²) >= 11 is 0. The molecule has 18 heavy (non-hydrogen) atoms. The van der Waals surface area contributed by atoms with Gasteiger partial charge in [0.05, 0.1) is 0 Å². The van der Waals surface area contributed by atoms with Gasteiger partial charge in [0, 0.05) is 38.6 Å². The van der Waals surface area contributed by atoms with Gasteiger partial charge in [0.1, 0.15) is 6.42 Å². The molecule has 1 amide bonds. The van der Waals surface area contributed by atoms with Crippen molar-refractivity contribution in [3.8, 4) is 0 Å². The van der Waals surface area contributed by atoms with E-state index < -0.39 is 12.4 Å². The standard InChI is InChI=1S/C11H14N4O3/c16-9(8-10(17)18)14-4-6-15(7-5-14)11-12-2-1-3-13-11/h1-3H,4-8H2,(H,17,18). The minimum absolute atomic E-state index is 0.337.